The molecule has 0 aromatic carbocycles. The second-order valence-electron chi connectivity index (χ2n) is 4.30. The lowest BCUT2D eigenvalue weighted by atomic mass is 10.2. The van der Waals surface area contributed by atoms with Crippen molar-refractivity contribution in [3.05, 3.63) is 0 Å². The van der Waals surface area contributed by atoms with Crippen molar-refractivity contribution >= 4 is 12.0 Å². The van der Waals surface area contributed by atoms with Crippen molar-refractivity contribution in [2.24, 2.45) is 0 Å². The predicted molar refractivity (Wildman–Crippen MR) is 63.4 cm³/mol. The van der Waals surface area contributed by atoms with Crippen molar-refractivity contribution in [3.8, 4) is 12.3 Å². The van der Waals surface area contributed by atoms with Gasteiger partial charge in [-0.2, -0.15) is 0 Å². The zero-order valence-corrected chi connectivity index (χ0v) is 9.98. The highest BCUT2D eigenvalue weighted by Gasteiger charge is 2.28. The number of aliphatic carboxylic acids is 1. The summed E-state index contributed by atoms with van der Waals surface area (Å²) in [4.78, 5) is 24.0. The number of carbonyl (C=O) groups is 2. The van der Waals surface area contributed by atoms with Gasteiger partial charge < -0.3 is 15.3 Å². The molecule has 1 unspecified atom stereocenters. The molecule has 17 heavy (non-hydrogen) atoms. The lowest BCUT2D eigenvalue weighted by Crippen LogP contribution is -2.49. The number of carboxylic acids is 1. The van der Waals surface area contributed by atoms with Crippen molar-refractivity contribution in [3.63, 3.8) is 0 Å². The molecule has 0 spiro atoms. The summed E-state index contributed by atoms with van der Waals surface area (Å²) in [5, 5.41) is 11.4. The van der Waals surface area contributed by atoms with Gasteiger partial charge in [0.05, 0.1) is 6.04 Å². The maximum absolute atomic E-state index is 11.9. The molecular weight excluding hydrogens is 220 g/mol. The van der Waals surface area contributed by atoms with Gasteiger partial charge in [-0.1, -0.05) is 18.8 Å². The molecule has 94 valence electrons. The van der Waals surface area contributed by atoms with Crippen LogP contribution < -0.4 is 5.32 Å². The molecule has 1 saturated carbocycles. The molecule has 1 atom stereocenters. The Kier molecular flexibility index (Phi) is 4.83. The Balaban J connectivity index is 2.64. The maximum Gasteiger partial charge on any atom is 0.323 e. The molecule has 1 fully saturated rings. The monoisotopic (exact) mass is 238 g/mol. The van der Waals surface area contributed by atoms with Gasteiger partial charge in [-0.15, -0.1) is 6.42 Å². The SMILES string of the molecule is C#CC(C)NC(=O)N(CC(=O)O)C1CCCC1. The van der Waals surface area contributed by atoms with Crippen LogP contribution in [-0.4, -0.2) is 40.6 Å². The maximum atomic E-state index is 11.9. The first-order valence-corrected chi connectivity index (χ1v) is 5.79. The molecule has 0 aromatic rings. The number of urea groups is 1. The van der Waals surface area contributed by atoms with E-state index in [2.05, 4.69) is 11.2 Å². The van der Waals surface area contributed by atoms with Crippen LogP contribution in [0.4, 0.5) is 4.79 Å². The van der Waals surface area contributed by atoms with E-state index < -0.39 is 5.97 Å². The summed E-state index contributed by atoms with van der Waals surface area (Å²) < 4.78 is 0. The quantitative estimate of drug-likeness (QED) is 0.719. The highest BCUT2D eigenvalue weighted by atomic mass is 16.4. The molecule has 0 bridgehead atoms. The molecule has 1 aliphatic rings. The number of carbonyl (C=O) groups excluding carboxylic acids is 1. The van der Waals surface area contributed by atoms with Crippen LogP contribution in [0.15, 0.2) is 0 Å². The Bertz CT molecular complexity index is 329. The van der Waals surface area contributed by atoms with E-state index in [0.29, 0.717) is 0 Å². The zero-order chi connectivity index (χ0) is 12.8. The van der Waals surface area contributed by atoms with Gasteiger partial charge in [0, 0.05) is 6.04 Å². The summed E-state index contributed by atoms with van der Waals surface area (Å²) in [6.07, 6.45) is 8.99. The normalized spacial score (nSPS) is 17.2. The minimum absolute atomic E-state index is 0.0241. The smallest absolute Gasteiger partial charge is 0.323 e. The number of nitrogens with zero attached hydrogens (tertiary/aromatic N) is 1. The number of rotatable bonds is 4. The first-order valence-electron chi connectivity index (χ1n) is 5.79. The fourth-order valence-corrected chi connectivity index (χ4v) is 2.04. The van der Waals surface area contributed by atoms with Crippen LogP contribution in [0.3, 0.4) is 0 Å². The zero-order valence-electron chi connectivity index (χ0n) is 9.98. The fraction of sp³-hybridized carbons (Fsp3) is 0.667. The van der Waals surface area contributed by atoms with Crippen LogP contribution in [-0.2, 0) is 4.79 Å². The van der Waals surface area contributed by atoms with E-state index in [1.165, 1.54) is 4.90 Å². The lowest BCUT2D eigenvalue weighted by Gasteiger charge is -2.28. The van der Waals surface area contributed by atoms with Gasteiger partial charge in [-0.05, 0) is 19.8 Å². The van der Waals surface area contributed by atoms with E-state index in [1.54, 1.807) is 6.92 Å². The molecule has 2 N–H and O–H groups in total. The molecule has 0 saturated heterocycles. The highest BCUT2D eigenvalue weighted by Crippen LogP contribution is 2.23. The molecule has 1 rings (SSSR count). The van der Waals surface area contributed by atoms with Crippen molar-refractivity contribution < 1.29 is 14.7 Å². The Hall–Kier alpha value is -1.70. The van der Waals surface area contributed by atoms with E-state index in [1.807, 2.05) is 0 Å². The van der Waals surface area contributed by atoms with Gasteiger partial charge >= 0.3 is 12.0 Å². The van der Waals surface area contributed by atoms with E-state index in [4.69, 9.17) is 11.5 Å². The van der Waals surface area contributed by atoms with Crippen LogP contribution in [0.1, 0.15) is 32.6 Å². The summed E-state index contributed by atoms with van der Waals surface area (Å²) in [7, 11) is 0. The largest absolute Gasteiger partial charge is 0.480 e. The van der Waals surface area contributed by atoms with E-state index in [0.717, 1.165) is 25.7 Å². The number of carboxylic acid groups (broad SMARTS) is 1. The molecule has 1 aliphatic carbocycles. The van der Waals surface area contributed by atoms with Crippen LogP contribution in [0.25, 0.3) is 0 Å². The summed E-state index contributed by atoms with van der Waals surface area (Å²) in [5.41, 5.74) is 0. The van der Waals surface area contributed by atoms with Crippen LogP contribution >= 0.6 is 0 Å². The number of amides is 2. The molecule has 0 radical (unpaired) electrons. The van der Waals surface area contributed by atoms with Crippen molar-refractivity contribution in [2.75, 3.05) is 6.54 Å². The number of hydrogen-bond donors (Lipinski definition) is 2. The van der Waals surface area contributed by atoms with Gasteiger partial charge in [-0.3, -0.25) is 4.79 Å². The molecular formula is C12H18N2O3. The van der Waals surface area contributed by atoms with Gasteiger partial charge in [0.25, 0.3) is 0 Å². The standard InChI is InChI=1S/C12H18N2O3/c1-3-9(2)13-12(17)14(8-11(15)16)10-6-4-5-7-10/h1,9-10H,4-8H2,2H3,(H,13,17)(H,15,16). The second kappa shape index (κ2) is 6.14. The Morgan fingerprint density at radius 1 is 1.53 bits per heavy atom. The average molecular weight is 238 g/mol. The van der Waals surface area contributed by atoms with Crippen molar-refractivity contribution in [1.82, 2.24) is 10.2 Å². The van der Waals surface area contributed by atoms with Gasteiger partial charge in [0.2, 0.25) is 0 Å². The topological polar surface area (TPSA) is 69.6 Å². The average Bonchev–Trinajstić information content (AvgIpc) is 2.78. The van der Waals surface area contributed by atoms with Crippen molar-refractivity contribution in [2.45, 2.75) is 44.7 Å². The number of terminal acetylenes is 1. The lowest BCUT2D eigenvalue weighted by molar-refractivity contribution is -0.138. The van der Waals surface area contributed by atoms with Crippen LogP contribution in [0, 0.1) is 12.3 Å². The molecule has 5 heteroatoms. The molecule has 2 amide bonds. The van der Waals surface area contributed by atoms with Gasteiger partial charge in [0.1, 0.15) is 6.54 Å². The van der Waals surface area contributed by atoms with Crippen LogP contribution in [0.2, 0.25) is 0 Å². The Labute approximate surface area is 101 Å². The van der Waals surface area contributed by atoms with E-state index in [9.17, 15) is 9.59 Å². The summed E-state index contributed by atoms with van der Waals surface area (Å²) in [6, 6.07) is -0.749. The van der Waals surface area contributed by atoms with Gasteiger partial charge in [0.15, 0.2) is 0 Å². The van der Waals surface area contributed by atoms with Crippen molar-refractivity contribution in [1.29, 1.82) is 0 Å². The second-order valence-corrected chi connectivity index (χ2v) is 4.30. The first-order chi connectivity index (χ1) is 8.04. The Morgan fingerprint density at radius 3 is 2.59 bits per heavy atom. The molecule has 5 nitrogen and oxygen atoms in total. The van der Waals surface area contributed by atoms with Gasteiger partial charge in [-0.25, -0.2) is 4.79 Å². The third-order valence-corrected chi connectivity index (χ3v) is 2.92. The minimum Gasteiger partial charge on any atom is -0.480 e. The third-order valence-electron chi connectivity index (χ3n) is 2.92. The molecule has 0 heterocycles. The molecule has 0 aliphatic heterocycles. The van der Waals surface area contributed by atoms with E-state index >= 15 is 0 Å². The summed E-state index contributed by atoms with van der Waals surface area (Å²) in [5.74, 6) is 1.39. The predicted octanol–water partition coefficient (Wildman–Crippen LogP) is 1.05. The molecule has 0 aromatic heterocycles. The van der Waals surface area contributed by atoms with E-state index in [-0.39, 0.29) is 24.7 Å². The number of hydrogen-bond acceptors (Lipinski definition) is 2. The third kappa shape index (κ3) is 3.99. The Morgan fingerprint density at radius 2 is 2.12 bits per heavy atom. The highest BCUT2D eigenvalue weighted by molar-refractivity contribution is 5.80. The minimum atomic E-state index is -1.000. The first kappa shape index (κ1) is 13.4. The van der Waals surface area contributed by atoms with Crippen LogP contribution in [0.5, 0.6) is 0 Å². The summed E-state index contributed by atoms with van der Waals surface area (Å²) >= 11 is 0. The summed E-state index contributed by atoms with van der Waals surface area (Å²) in [6.45, 7) is 1.42. The fourth-order valence-electron chi connectivity index (χ4n) is 2.04. The number of nitrogens with one attached hydrogen (secondary N) is 1.